The second-order valence-corrected chi connectivity index (χ2v) is 6.81. The van der Waals surface area contributed by atoms with Crippen LogP contribution in [0, 0.1) is 0 Å². The Morgan fingerprint density at radius 2 is 2.04 bits per heavy atom. The average molecular weight is 350 g/mol. The van der Waals surface area contributed by atoms with E-state index >= 15 is 0 Å². The minimum Gasteiger partial charge on any atom is -0.335 e. The number of thiophene rings is 1. The Balaban J connectivity index is 1.78. The van der Waals surface area contributed by atoms with Gasteiger partial charge in [0.25, 0.3) is 5.91 Å². The molecule has 2 fully saturated rings. The highest BCUT2D eigenvalue weighted by Gasteiger charge is 2.42. The maximum absolute atomic E-state index is 12.8. The molecule has 4 amide bonds. The first-order chi connectivity index (χ1) is 11.4. The van der Waals surface area contributed by atoms with Crippen LogP contribution in [0.25, 0.3) is 0 Å². The van der Waals surface area contributed by atoms with Gasteiger partial charge >= 0.3 is 0 Å². The molecule has 2 saturated heterocycles. The number of piperazine rings is 2. The third-order valence-electron chi connectivity index (χ3n) is 4.19. The Morgan fingerprint density at radius 3 is 2.75 bits per heavy atom. The molecule has 3 heterocycles. The van der Waals surface area contributed by atoms with Crippen molar-refractivity contribution in [3.8, 4) is 0 Å². The number of carbonyl (C=O) groups excluding carboxylic acids is 4. The summed E-state index contributed by atoms with van der Waals surface area (Å²) in [4.78, 5) is 53.3. The molecule has 2 aliphatic rings. The molecule has 1 aromatic rings. The minimum absolute atomic E-state index is 0.0842. The third kappa shape index (κ3) is 2.86. The number of likely N-dealkylation sites (N-methyl/N-ethyl adjacent to an activating group) is 1. The maximum Gasteiger partial charge on any atom is 0.266 e. The molecule has 0 radical (unpaired) electrons. The van der Waals surface area contributed by atoms with Crippen molar-refractivity contribution in [2.75, 3.05) is 38.5 Å². The van der Waals surface area contributed by atoms with Crippen LogP contribution < -0.4 is 5.32 Å². The first-order valence-electron chi connectivity index (χ1n) is 7.57. The van der Waals surface area contributed by atoms with Crippen LogP contribution in [0.4, 0.5) is 5.69 Å². The van der Waals surface area contributed by atoms with E-state index in [9.17, 15) is 19.2 Å². The summed E-state index contributed by atoms with van der Waals surface area (Å²) in [6.45, 7) is 2.35. The number of amides is 4. The lowest BCUT2D eigenvalue weighted by Gasteiger charge is -2.45. The molecule has 8 nitrogen and oxygen atoms in total. The monoisotopic (exact) mass is 350 g/mol. The molecule has 0 aromatic carbocycles. The summed E-state index contributed by atoms with van der Waals surface area (Å²) < 4.78 is 0. The molecule has 2 aliphatic heterocycles. The molecule has 24 heavy (non-hydrogen) atoms. The number of fused-ring (bicyclic) bond motifs is 1. The van der Waals surface area contributed by atoms with Gasteiger partial charge < -0.3 is 20.0 Å². The Labute approximate surface area is 143 Å². The summed E-state index contributed by atoms with van der Waals surface area (Å²) in [7, 11) is 1.59. The van der Waals surface area contributed by atoms with E-state index in [0.717, 1.165) is 0 Å². The van der Waals surface area contributed by atoms with Crippen molar-refractivity contribution in [3.05, 3.63) is 16.3 Å². The number of anilines is 1. The fourth-order valence-electron chi connectivity index (χ4n) is 3.01. The summed E-state index contributed by atoms with van der Waals surface area (Å²) in [6.07, 6.45) is 0. The van der Waals surface area contributed by atoms with Gasteiger partial charge in [-0.05, 0) is 11.4 Å². The van der Waals surface area contributed by atoms with Crippen LogP contribution in [0.1, 0.15) is 16.6 Å². The zero-order valence-electron chi connectivity index (χ0n) is 13.4. The van der Waals surface area contributed by atoms with Crippen LogP contribution in [0.3, 0.4) is 0 Å². The molecule has 1 N–H and O–H groups in total. The van der Waals surface area contributed by atoms with Crippen LogP contribution in [0.15, 0.2) is 11.4 Å². The molecule has 0 aliphatic carbocycles. The van der Waals surface area contributed by atoms with Crippen molar-refractivity contribution in [2.45, 2.75) is 13.0 Å². The second-order valence-electron chi connectivity index (χ2n) is 5.89. The molecule has 1 atom stereocenters. The van der Waals surface area contributed by atoms with E-state index in [1.165, 1.54) is 23.2 Å². The summed E-state index contributed by atoms with van der Waals surface area (Å²) in [5.74, 6) is -0.728. The van der Waals surface area contributed by atoms with Gasteiger partial charge in [0.15, 0.2) is 0 Å². The zero-order chi connectivity index (χ0) is 17.4. The Bertz CT molecular complexity index is 716. The normalized spacial score (nSPS) is 20.9. The minimum atomic E-state index is -0.627. The number of hydrogen-bond donors (Lipinski definition) is 1. The van der Waals surface area contributed by atoms with Crippen molar-refractivity contribution in [2.24, 2.45) is 0 Å². The molecule has 9 heteroatoms. The van der Waals surface area contributed by atoms with E-state index in [1.807, 2.05) is 0 Å². The smallest absolute Gasteiger partial charge is 0.266 e. The lowest BCUT2D eigenvalue weighted by atomic mass is 10.1. The Hall–Kier alpha value is -2.42. The van der Waals surface area contributed by atoms with Gasteiger partial charge in [0.1, 0.15) is 10.9 Å². The fourth-order valence-corrected chi connectivity index (χ4v) is 3.83. The number of rotatable bonds is 2. The molecule has 0 bridgehead atoms. The summed E-state index contributed by atoms with van der Waals surface area (Å²) in [5.41, 5.74) is 0.475. The molecule has 1 unspecified atom stereocenters. The SMILES string of the molecule is CC(=O)Nc1ccsc1C(=O)N1CCN2C(=O)CN(C)C(=O)C2C1. The Kier molecular flexibility index (Phi) is 4.27. The van der Waals surface area contributed by atoms with E-state index in [0.29, 0.717) is 23.7 Å². The van der Waals surface area contributed by atoms with E-state index in [1.54, 1.807) is 28.3 Å². The van der Waals surface area contributed by atoms with Crippen LogP contribution in [0.2, 0.25) is 0 Å². The van der Waals surface area contributed by atoms with Gasteiger partial charge in [0.05, 0.1) is 18.8 Å². The topological polar surface area (TPSA) is 90.0 Å². The standard InChI is InChI=1S/C15H18N4O4S/c1-9(20)16-10-3-6-24-13(10)15(23)18-4-5-19-11(7-18)14(22)17(2)8-12(19)21/h3,6,11H,4-5,7-8H2,1-2H3,(H,16,20). The van der Waals surface area contributed by atoms with E-state index in [2.05, 4.69) is 5.32 Å². The summed E-state index contributed by atoms with van der Waals surface area (Å²) >= 11 is 1.24. The lowest BCUT2D eigenvalue weighted by molar-refractivity contribution is -0.157. The van der Waals surface area contributed by atoms with Gasteiger partial charge in [-0.25, -0.2) is 0 Å². The average Bonchev–Trinajstić information content (AvgIpc) is 2.98. The van der Waals surface area contributed by atoms with Gasteiger partial charge in [-0.1, -0.05) is 0 Å². The van der Waals surface area contributed by atoms with Crippen molar-refractivity contribution < 1.29 is 19.2 Å². The van der Waals surface area contributed by atoms with Crippen LogP contribution in [-0.4, -0.2) is 77.6 Å². The molecular formula is C15H18N4O4S. The third-order valence-corrected chi connectivity index (χ3v) is 5.09. The summed E-state index contributed by atoms with van der Waals surface area (Å²) in [5, 5.41) is 4.37. The predicted octanol–water partition coefficient (Wildman–Crippen LogP) is -0.168. The highest BCUT2D eigenvalue weighted by Crippen LogP contribution is 2.26. The molecule has 0 spiro atoms. The van der Waals surface area contributed by atoms with Gasteiger partial charge in [0.2, 0.25) is 17.7 Å². The van der Waals surface area contributed by atoms with Gasteiger partial charge in [-0.2, -0.15) is 0 Å². The van der Waals surface area contributed by atoms with Crippen LogP contribution >= 0.6 is 11.3 Å². The van der Waals surface area contributed by atoms with Crippen molar-refractivity contribution in [3.63, 3.8) is 0 Å². The molecule has 0 saturated carbocycles. The quantitative estimate of drug-likeness (QED) is 0.802. The molecule has 1 aromatic heterocycles. The fraction of sp³-hybridized carbons (Fsp3) is 0.467. The van der Waals surface area contributed by atoms with E-state index < -0.39 is 6.04 Å². The summed E-state index contributed by atoms with van der Waals surface area (Å²) in [6, 6.07) is 1.05. The predicted molar refractivity (Wildman–Crippen MR) is 87.7 cm³/mol. The van der Waals surface area contributed by atoms with Gasteiger partial charge in [-0.3, -0.25) is 19.2 Å². The van der Waals surface area contributed by atoms with Crippen molar-refractivity contribution in [1.82, 2.24) is 14.7 Å². The van der Waals surface area contributed by atoms with E-state index in [4.69, 9.17) is 0 Å². The van der Waals surface area contributed by atoms with Gasteiger partial charge in [-0.15, -0.1) is 11.3 Å². The number of hydrogen-bond acceptors (Lipinski definition) is 5. The second kappa shape index (κ2) is 6.23. The lowest BCUT2D eigenvalue weighted by Crippen LogP contribution is -2.66. The molecular weight excluding hydrogens is 332 g/mol. The molecule has 128 valence electrons. The van der Waals surface area contributed by atoms with Crippen molar-refractivity contribution in [1.29, 1.82) is 0 Å². The maximum atomic E-state index is 12.8. The number of nitrogens with zero attached hydrogens (tertiary/aromatic N) is 3. The molecule has 3 rings (SSSR count). The number of carbonyl (C=O) groups is 4. The van der Waals surface area contributed by atoms with Gasteiger partial charge in [0, 0.05) is 27.1 Å². The highest BCUT2D eigenvalue weighted by molar-refractivity contribution is 7.12. The highest BCUT2D eigenvalue weighted by atomic mass is 32.1. The zero-order valence-corrected chi connectivity index (χ0v) is 14.3. The first kappa shape index (κ1) is 16.4. The van der Waals surface area contributed by atoms with Crippen LogP contribution in [0.5, 0.6) is 0 Å². The number of nitrogens with one attached hydrogen (secondary N) is 1. The first-order valence-corrected chi connectivity index (χ1v) is 8.45. The van der Waals surface area contributed by atoms with E-state index in [-0.39, 0.29) is 36.7 Å². The van der Waals surface area contributed by atoms with Crippen LogP contribution in [-0.2, 0) is 14.4 Å². The largest absolute Gasteiger partial charge is 0.335 e. The van der Waals surface area contributed by atoms with Crippen molar-refractivity contribution >= 4 is 40.7 Å². The Morgan fingerprint density at radius 1 is 1.29 bits per heavy atom.